The zero-order chi connectivity index (χ0) is 94.5. The molecule has 126 heavy (non-hydrogen) atoms. The highest BCUT2D eigenvalue weighted by Gasteiger charge is 2.51. The maximum absolute atomic E-state index is 13.8. The fourth-order valence-corrected chi connectivity index (χ4v) is 20.0. The number of aliphatic hydroxyl groups excluding tert-OH is 5. The van der Waals surface area contributed by atoms with Crippen molar-refractivity contribution < 1.29 is 44.7 Å². The van der Waals surface area contributed by atoms with Crippen molar-refractivity contribution in [2.45, 2.75) is 347 Å². The summed E-state index contributed by atoms with van der Waals surface area (Å²) >= 11 is 0. The SMILES string of the molecule is C.CC1(C)C(O)C(CO)C[C@H]1N.CCC1C[C@@H](Nc2ccnc(C)c2C(=O)c2cn(C(C)(C)C)c(C)c2C)C(C)(C)C1C.Cc1ccnc(C)c1C(=O)c1cn(C(C)(C)C)c(C)c1C.Cc1nccc(N[C@@H]2CC(CO)C(C)C2(C)C)c1C(=O)c1cn(C(C)(C)C)c(C)c1C.Cc1nccc(N[C@@H]2CC(CO)C(O)C2(C)C)c1C(=O)c1cn(C(C)(C)C)c(C)c1C. The summed E-state index contributed by atoms with van der Waals surface area (Å²) < 4.78 is 8.72. The third-order valence-corrected chi connectivity index (χ3v) is 30.0. The van der Waals surface area contributed by atoms with Gasteiger partial charge in [0.2, 0.25) is 0 Å². The summed E-state index contributed by atoms with van der Waals surface area (Å²) in [5.41, 5.74) is 25.6. The fraction of sp³-hybridized carbons (Fsp3) is 0.619. The van der Waals surface area contributed by atoms with Crippen LogP contribution in [0.25, 0.3) is 0 Å². The topological polar surface area (TPSA) is 303 Å². The largest absolute Gasteiger partial charge is 0.396 e. The third kappa shape index (κ3) is 21.2. The van der Waals surface area contributed by atoms with E-state index in [4.69, 9.17) is 10.8 Å². The summed E-state index contributed by atoms with van der Waals surface area (Å²) in [6.07, 6.45) is 18.5. The van der Waals surface area contributed by atoms with Crippen molar-refractivity contribution in [3.8, 4) is 0 Å². The molecular formula is C105H162N12O9. The molecule has 8 aromatic heterocycles. The van der Waals surface area contributed by atoms with Crippen LogP contribution >= 0.6 is 0 Å². The molecule has 0 bridgehead atoms. The maximum Gasteiger partial charge on any atom is 0.198 e. The van der Waals surface area contributed by atoms with Gasteiger partial charge in [-0.15, -0.1) is 0 Å². The van der Waals surface area contributed by atoms with Gasteiger partial charge >= 0.3 is 0 Å². The second-order valence-electron chi connectivity index (χ2n) is 43.4. The Morgan fingerprint density at radius 2 is 0.635 bits per heavy atom. The highest BCUT2D eigenvalue weighted by molar-refractivity contribution is 6.16. The minimum absolute atomic E-state index is 0. The highest BCUT2D eigenvalue weighted by Crippen LogP contribution is 2.51. The van der Waals surface area contributed by atoms with E-state index < -0.39 is 17.6 Å². The molecule has 8 aromatic rings. The monoisotopic (exact) mass is 1740 g/mol. The van der Waals surface area contributed by atoms with Crippen LogP contribution in [-0.4, -0.2) is 143 Å². The first-order valence-electron chi connectivity index (χ1n) is 45.5. The minimum Gasteiger partial charge on any atom is -0.396 e. The zero-order valence-electron chi connectivity index (χ0n) is 83.0. The standard InChI is InChI=1S/C27H41N3O.C26H39N3O2.C25H37N3O3.C18H24N2O.C8H17NO2.CH4/c1-11-20-14-23(27(9,10)17(20)3)29-22-12-13-28-18(4)24(22)25(31)21-15-30(26(6,7)8)19(5)16(21)2;1-15-18(4)29(25(5,6)7)13-20(15)24(31)23-17(3)27-11-10-21(23)28-22-12-19(14-30)16(2)26(22,8)9;1-14-16(3)28(24(4,5)6)12-18(14)22(30)21-15(2)26-10-9-19(21)27-20-11-17(13-29)23(31)25(20,7)8;1-11-8-9-19-13(3)16(11)17(21)15-10-20(18(5,6)7)14(4)12(15)2;1-8(2)6(9)3-5(4-10)7(8)11;/h12-13,15,17,20,23H,11,14H2,1-10H3,(H,28,29);10-11,13,16,19,22,30H,12,14H2,1-9H3,(H,27,28);9-10,12,17,20,23,29,31H,11,13H2,1-8H3,(H,26,27);8-10H,1-7H3;5-7,10-11H,3-4,9H2,1-2H3;1H4/t17?,20?,23-;16?,19?,22-;17?,20-,23?;;5?,6-,7?;/m111.1./s1. The van der Waals surface area contributed by atoms with Crippen LogP contribution in [0, 0.1) is 147 Å². The molecule has 21 heteroatoms. The predicted molar refractivity (Wildman–Crippen MR) is 516 cm³/mol. The van der Waals surface area contributed by atoms with Crippen LogP contribution in [0.4, 0.5) is 17.1 Å². The Hall–Kier alpha value is -8.44. The van der Waals surface area contributed by atoms with E-state index in [1.165, 1.54) is 6.42 Å². The van der Waals surface area contributed by atoms with Gasteiger partial charge in [0.15, 0.2) is 23.1 Å². The molecule has 10 N–H and O–H groups in total. The molecule has 0 aliphatic heterocycles. The second-order valence-corrected chi connectivity index (χ2v) is 43.4. The zero-order valence-corrected chi connectivity index (χ0v) is 83.0. The van der Waals surface area contributed by atoms with Crippen LogP contribution in [0.2, 0.25) is 0 Å². The third-order valence-electron chi connectivity index (χ3n) is 30.0. The van der Waals surface area contributed by atoms with E-state index in [0.29, 0.717) is 58.2 Å². The fourth-order valence-electron chi connectivity index (χ4n) is 20.0. The molecule has 4 aliphatic carbocycles. The number of nitrogens with two attached hydrogens (primary N) is 1. The van der Waals surface area contributed by atoms with Gasteiger partial charge in [0.25, 0.3) is 0 Å². The number of hydrogen-bond acceptors (Lipinski definition) is 17. The van der Waals surface area contributed by atoms with E-state index in [2.05, 4.69) is 213 Å². The van der Waals surface area contributed by atoms with Crippen molar-refractivity contribution >= 4 is 40.2 Å². The number of carbonyl (C=O) groups excluding carboxylic acids is 4. The number of anilines is 3. The van der Waals surface area contributed by atoms with Crippen LogP contribution in [0.5, 0.6) is 0 Å². The van der Waals surface area contributed by atoms with Crippen molar-refractivity contribution in [1.82, 2.24) is 38.2 Å². The number of pyridine rings is 4. The molecule has 8 heterocycles. The molecule has 0 aromatic carbocycles. The number of hydrogen-bond donors (Lipinski definition) is 9. The van der Waals surface area contributed by atoms with Crippen LogP contribution in [0.1, 0.15) is 336 Å². The summed E-state index contributed by atoms with van der Waals surface area (Å²) in [4.78, 5) is 71.9. The number of nitrogens with one attached hydrogen (secondary N) is 3. The lowest BCUT2D eigenvalue weighted by atomic mass is 9.77. The highest BCUT2D eigenvalue weighted by atomic mass is 16.3. The van der Waals surface area contributed by atoms with Gasteiger partial charge in [0, 0.05) is 212 Å². The molecule has 8 unspecified atom stereocenters. The quantitative estimate of drug-likeness (QED) is 0.0361. The van der Waals surface area contributed by atoms with Crippen molar-refractivity contribution in [2.75, 3.05) is 35.8 Å². The Kier molecular flexibility index (Phi) is 32.8. The Balaban J connectivity index is 0.000000222. The first kappa shape index (κ1) is 105. The Morgan fingerprint density at radius 3 is 0.865 bits per heavy atom. The van der Waals surface area contributed by atoms with E-state index in [0.717, 1.165) is 126 Å². The molecule has 0 saturated heterocycles. The number of aromatic nitrogens is 8. The van der Waals surface area contributed by atoms with Gasteiger partial charge in [-0.3, -0.25) is 39.1 Å². The number of aliphatic hydroxyl groups is 5. The number of carbonyl (C=O) groups is 4. The van der Waals surface area contributed by atoms with Crippen molar-refractivity contribution in [3.63, 3.8) is 0 Å². The maximum atomic E-state index is 13.8. The number of aryl methyl sites for hydroxylation is 5. The minimum atomic E-state index is -0.609. The predicted octanol–water partition coefficient (Wildman–Crippen LogP) is 20.3. The number of nitrogens with zero attached hydrogens (tertiary/aromatic N) is 8. The normalized spacial score (nSPS) is 22.8. The molecule has 0 radical (unpaired) electrons. The van der Waals surface area contributed by atoms with E-state index in [1.54, 1.807) is 18.6 Å². The average molecular weight is 1740 g/mol. The van der Waals surface area contributed by atoms with Crippen molar-refractivity contribution in [1.29, 1.82) is 0 Å². The van der Waals surface area contributed by atoms with Gasteiger partial charge in [-0.05, 0) is 285 Å². The van der Waals surface area contributed by atoms with Crippen LogP contribution in [0.3, 0.4) is 0 Å². The molecule has 12 rings (SSSR count). The lowest BCUT2D eigenvalue weighted by Gasteiger charge is -2.33. The summed E-state index contributed by atoms with van der Waals surface area (Å²) in [7, 11) is 0. The smallest absolute Gasteiger partial charge is 0.198 e. The molecule has 0 spiro atoms. The van der Waals surface area contributed by atoms with Gasteiger partial charge in [0.05, 0.1) is 46.0 Å². The molecule has 696 valence electrons. The number of rotatable bonds is 18. The Labute approximate surface area is 756 Å². The average Bonchev–Trinajstić information content (AvgIpc) is 1.62. The van der Waals surface area contributed by atoms with Gasteiger partial charge in [-0.1, -0.05) is 90.0 Å². The molecule has 4 saturated carbocycles. The summed E-state index contributed by atoms with van der Waals surface area (Å²) in [5.74, 6) is 1.90. The van der Waals surface area contributed by atoms with E-state index in [-0.39, 0.29) is 125 Å². The van der Waals surface area contributed by atoms with Crippen LogP contribution < -0.4 is 21.7 Å². The summed E-state index contributed by atoms with van der Waals surface area (Å²) in [6.45, 7) is 75.9. The Bertz CT molecular complexity index is 4790. The van der Waals surface area contributed by atoms with Crippen molar-refractivity contribution in [3.05, 3.63) is 192 Å². The summed E-state index contributed by atoms with van der Waals surface area (Å²) in [5, 5.41) is 59.6. The molecule has 0 amide bonds. The van der Waals surface area contributed by atoms with Crippen LogP contribution in [0.15, 0.2) is 73.8 Å². The van der Waals surface area contributed by atoms with Crippen LogP contribution in [-0.2, 0) is 22.2 Å². The molecule has 4 aliphatic rings. The van der Waals surface area contributed by atoms with E-state index in [9.17, 15) is 39.6 Å². The van der Waals surface area contributed by atoms with Gasteiger partial charge in [-0.2, -0.15) is 0 Å². The first-order valence-corrected chi connectivity index (χ1v) is 45.5. The molecular weight excluding hydrogens is 1570 g/mol. The summed E-state index contributed by atoms with van der Waals surface area (Å²) in [6, 6.07) is 8.06. The van der Waals surface area contributed by atoms with Gasteiger partial charge in [0.1, 0.15) is 0 Å². The lowest BCUT2D eigenvalue weighted by Crippen LogP contribution is -2.39. The molecule has 12 atom stereocenters. The van der Waals surface area contributed by atoms with E-state index in [1.807, 2.05) is 145 Å². The van der Waals surface area contributed by atoms with Crippen molar-refractivity contribution in [2.24, 2.45) is 62.9 Å². The van der Waals surface area contributed by atoms with Gasteiger partial charge < -0.3 is 65.5 Å². The second kappa shape index (κ2) is 39.5. The molecule has 4 fully saturated rings. The Morgan fingerprint density at radius 1 is 0.389 bits per heavy atom. The number of ketones is 4. The lowest BCUT2D eigenvalue weighted by molar-refractivity contribution is 0.0222. The first-order chi connectivity index (χ1) is 57.5. The molecule has 21 nitrogen and oxygen atoms in total. The van der Waals surface area contributed by atoms with Gasteiger partial charge in [-0.25, -0.2) is 0 Å². The van der Waals surface area contributed by atoms with E-state index >= 15 is 0 Å².